The molecule has 2 rings (SSSR count). The lowest BCUT2D eigenvalue weighted by Gasteiger charge is -2.15. The smallest absolute Gasteiger partial charge is 0.132 e. The lowest BCUT2D eigenvalue weighted by atomic mass is 10.1. The third-order valence-electron chi connectivity index (χ3n) is 3.25. The zero-order chi connectivity index (χ0) is 13.7. The number of nitrogens with zero attached hydrogens (tertiary/aromatic N) is 2. The molecule has 1 N–H and O–H groups in total. The molecule has 19 heavy (non-hydrogen) atoms. The molecule has 1 unspecified atom stereocenters. The summed E-state index contributed by atoms with van der Waals surface area (Å²) in [6, 6.07) is 10.6. The molecule has 0 saturated heterocycles. The van der Waals surface area contributed by atoms with Gasteiger partial charge in [-0.3, -0.25) is 0 Å². The number of benzene rings is 1. The Bertz CT molecular complexity index is 523. The first-order chi connectivity index (χ1) is 9.20. The van der Waals surface area contributed by atoms with E-state index in [-0.39, 0.29) is 0 Å². The van der Waals surface area contributed by atoms with Crippen molar-refractivity contribution in [1.82, 2.24) is 15.3 Å². The Morgan fingerprint density at radius 2 is 1.95 bits per heavy atom. The summed E-state index contributed by atoms with van der Waals surface area (Å²) >= 11 is 0. The van der Waals surface area contributed by atoms with E-state index in [2.05, 4.69) is 48.2 Å². The van der Waals surface area contributed by atoms with Gasteiger partial charge in [0.05, 0.1) is 0 Å². The van der Waals surface area contributed by atoms with E-state index in [0.717, 1.165) is 24.5 Å². The predicted molar refractivity (Wildman–Crippen MR) is 78.1 cm³/mol. The molecule has 0 spiro atoms. The van der Waals surface area contributed by atoms with Crippen LogP contribution in [0.4, 0.5) is 0 Å². The standard InChI is InChI=1S/C16H21N3/c1-4-17-12(2)15-11-18-16(19-13(15)3)10-14-8-6-5-7-9-14/h5-9,11-12,17H,4,10H2,1-3H3. The number of aryl methyl sites for hydroxylation is 1. The molecule has 0 bridgehead atoms. The van der Waals surface area contributed by atoms with Gasteiger partial charge in [-0.1, -0.05) is 37.3 Å². The number of rotatable bonds is 5. The molecule has 0 aliphatic heterocycles. The summed E-state index contributed by atoms with van der Waals surface area (Å²) in [6.45, 7) is 7.26. The number of hydrogen-bond donors (Lipinski definition) is 1. The molecule has 2 aromatic rings. The molecular formula is C16H21N3. The predicted octanol–water partition coefficient (Wildman–Crippen LogP) is 3.05. The van der Waals surface area contributed by atoms with Gasteiger partial charge >= 0.3 is 0 Å². The molecule has 100 valence electrons. The summed E-state index contributed by atoms with van der Waals surface area (Å²) in [5.41, 5.74) is 3.49. The number of nitrogens with one attached hydrogen (secondary N) is 1. The van der Waals surface area contributed by atoms with Gasteiger partial charge in [0.2, 0.25) is 0 Å². The van der Waals surface area contributed by atoms with Gasteiger partial charge in [0.25, 0.3) is 0 Å². The number of aromatic nitrogens is 2. The van der Waals surface area contributed by atoms with E-state index in [9.17, 15) is 0 Å². The molecule has 0 saturated carbocycles. The Balaban J connectivity index is 2.15. The topological polar surface area (TPSA) is 37.8 Å². The maximum Gasteiger partial charge on any atom is 0.132 e. The summed E-state index contributed by atoms with van der Waals surface area (Å²) in [5.74, 6) is 0.885. The highest BCUT2D eigenvalue weighted by molar-refractivity contribution is 5.23. The average Bonchev–Trinajstić information content (AvgIpc) is 2.40. The van der Waals surface area contributed by atoms with Crippen LogP contribution >= 0.6 is 0 Å². The van der Waals surface area contributed by atoms with Crippen molar-refractivity contribution in [3.8, 4) is 0 Å². The molecule has 3 heteroatoms. The fourth-order valence-electron chi connectivity index (χ4n) is 2.23. The average molecular weight is 255 g/mol. The van der Waals surface area contributed by atoms with Crippen LogP contribution in [-0.2, 0) is 6.42 Å². The Hall–Kier alpha value is -1.74. The molecule has 1 aromatic heterocycles. The van der Waals surface area contributed by atoms with Crippen molar-refractivity contribution in [3.63, 3.8) is 0 Å². The van der Waals surface area contributed by atoms with Crippen molar-refractivity contribution in [2.24, 2.45) is 0 Å². The van der Waals surface area contributed by atoms with Crippen molar-refractivity contribution < 1.29 is 0 Å². The second kappa shape index (κ2) is 6.43. The van der Waals surface area contributed by atoms with Gasteiger partial charge in [0.1, 0.15) is 5.82 Å². The van der Waals surface area contributed by atoms with E-state index in [1.54, 1.807) is 0 Å². The van der Waals surface area contributed by atoms with Crippen LogP contribution in [0.1, 0.15) is 42.5 Å². The minimum Gasteiger partial charge on any atom is -0.310 e. The van der Waals surface area contributed by atoms with Crippen LogP contribution in [0.5, 0.6) is 0 Å². The third kappa shape index (κ3) is 3.61. The molecule has 1 atom stereocenters. The molecule has 3 nitrogen and oxygen atoms in total. The summed E-state index contributed by atoms with van der Waals surface area (Å²) in [7, 11) is 0. The van der Waals surface area contributed by atoms with Crippen LogP contribution < -0.4 is 5.32 Å². The van der Waals surface area contributed by atoms with Crippen LogP contribution in [0.3, 0.4) is 0 Å². The van der Waals surface area contributed by atoms with Crippen LogP contribution in [0.2, 0.25) is 0 Å². The Morgan fingerprint density at radius 1 is 1.21 bits per heavy atom. The number of hydrogen-bond acceptors (Lipinski definition) is 3. The van der Waals surface area contributed by atoms with Crippen molar-refractivity contribution in [3.05, 3.63) is 59.2 Å². The van der Waals surface area contributed by atoms with Crippen molar-refractivity contribution in [2.45, 2.75) is 33.2 Å². The Labute approximate surface area is 115 Å². The SMILES string of the molecule is CCNC(C)c1cnc(Cc2ccccc2)nc1C. The van der Waals surface area contributed by atoms with Crippen LogP contribution in [-0.4, -0.2) is 16.5 Å². The van der Waals surface area contributed by atoms with Gasteiger partial charge < -0.3 is 5.32 Å². The first-order valence-electron chi connectivity index (χ1n) is 6.80. The second-order valence-electron chi connectivity index (χ2n) is 4.77. The summed E-state index contributed by atoms with van der Waals surface area (Å²) in [5, 5.41) is 3.39. The summed E-state index contributed by atoms with van der Waals surface area (Å²) in [4.78, 5) is 9.11. The van der Waals surface area contributed by atoms with Crippen molar-refractivity contribution >= 4 is 0 Å². The second-order valence-corrected chi connectivity index (χ2v) is 4.77. The van der Waals surface area contributed by atoms with Gasteiger partial charge in [-0.05, 0) is 26.0 Å². The van der Waals surface area contributed by atoms with Crippen LogP contribution in [0.25, 0.3) is 0 Å². The minimum absolute atomic E-state index is 0.302. The van der Waals surface area contributed by atoms with E-state index < -0.39 is 0 Å². The molecule has 1 heterocycles. The summed E-state index contributed by atoms with van der Waals surface area (Å²) < 4.78 is 0. The van der Waals surface area contributed by atoms with Gasteiger partial charge in [0, 0.05) is 29.9 Å². The van der Waals surface area contributed by atoms with Crippen LogP contribution in [0.15, 0.2) is 36.5 Å². The lowest BCUT2D eigenvalue weighted by Crippen LogP contribution is -2.19. The summed E-state index contributed by atoms with van der Waals surface area (Å²) in [6.07, 6.45) is 2.74. The Kier molecular flexibility index (Phi) is 4.63. The largest absolute Gasteiger partial charge is 0.310 e. The third-order valence-corrected chi connectivity index (χ3v) is 3.25. The van der Waals surface area contributed by atoms with E-state index in [4.69, 9.17) is 0 Å². The van der Waals surface area contributed by atoms with Crippen molar-refractivity contribution in [1.29, 1.82) is 0 Å². The first kappa shape index (κ1) is 13.7. The molecule has 0 aliphatic rings. The van der Waals surface area contributed by atoms with Gasteiger partial charge in [-0.15, -0.1) is 0 Å². The molecule has 0 amide bonds. The highest BCUT2D eigenvalue weighted by Crippen LogP contribution is 2.15. The minimum atomic E-state index is 0.302. The van der Waals surface area contributed by atoms with E-state index in [0.29, 0.717) is 6.04 Å². The maximum absolute atomic E-state index is 4.62. The highest BCUT2D eigenvalue weighted by atomic mass is 14.9. The van der Waals surface area contributed by atoms with E-state index >= 15 is 0 Å². The highest BCUT2D eigenvalue weighted by Gasteiger charge is 2.10. The van der Waals surface area contributed by atoms with Gasteiger partial charge in [0.15, 0.2) is 0 Å². The van der Waals surface area contributed by atoms with Crippen molar-refractivity contribution in [2.75, 3.05) is 6.54 Å². The van der Waals surface area contributed by atoms with E-state index in [1.165, 1.54) is 11.1 Å². The molecule has 0 fully saturated rings. The molecule has 0 radical (unpaired) electrons. The normalized spacial score (nSPS) is 12.4. The van der Waals surface area contributed by atoms with E-state index in [1.807, 2.05) is 24.4 Å². The first-order valence-corrected chi connectivity index (χ1v) is 6.80. The van der Waals surface area contributed by atoms with Gasteiger partial charge in [-0.2, -0.15) is 0 Å². The quantitative estimate of drug-likeness (QED) is 0.892. The Morgan fingerprint density at radius 3 is 2.58 bits per heavy atom. The molecule has 1 aromatic carbocycles. The monoisotopic (exact) mass is 255 g/mol. The fourth-order valence-corrected chi connectivity index (χ4v) is 2.23. The molecular weight excluding hydrogens is 234 g/mol. The zero-order valence-corrected chi connectivity index (χ0v) is 11.9. The maximum atomic E-state index is 4.62. The zero-order valence-electron chi connectivity index (χ0n) is 11.9. The molecule has 0 aliphatic carbocycles. The van der Waals surface area contributed by atoms with Crippen LogP contribution in [0, 0.1) is 6.92 Å². The fraction of sp³-hybridized carbons (Fsp3) is 0.375. The van der Waals surface area contributed by atoms with Gasteiger partial charge in [-0.25, -0.2) is 9.97 Å². The lowest BCUT2D eigenvalue weighted by molar-refractivity contribution is 0.588.